The summed E-state index contributed by atoms with van der Waals surface area (Å²) in [6, 6.07) is 23.1. The zero-order chi connectivity index (χ0) is 15.8. The van der Waals surface area contributed by atoms with Crippen molar-refractivity contribution in [2.24, 2.45) is 0 Å². The summed E-state index contributed by atoms with van der Waals surface area (Å²) >= 11 is 1.82. The fourth-order valence-corrected chi connectivity index (χ4v) is 4.41. The monoisotopic (exact) mass is 319 g/mol. The van der Waals surface area contributed by atoms with Crippen molar-refractivity contribution in [2.75, 3.05) is 10.7 Å². The largest absolute Gasteiger partial charge is 0.303 e. The van der Waals surface area contributed by atoms with E-state index >= 15 is 0 Å². The maximum absolute atomic E-state index is 12.3. The van der Waals surface area contributed by atoms with Crippen molar-refractivity contribution in [2.45, 2.75) is 17.9 Å². The molecule has 0 fully saturated rings. The van der Waals surface area contributed by atoms with E-state index in [9.17, 15) is 4.79 Å². The van der Waals surface area contributed by atoms with Gasteiger partial charge in [0.25, 0.3) is 0 Å². The van der Waals surface area contributed by atoms with E-state index in [1.54, 1.807) is 6.92 Å². The summed E-state index contributed by atoms with van der Waals surface area (Å²) < 4.78 is 0. The molecule has 114 valence electrons. The van der Waals surface area contributed by atoms with E-state index in [0.717, 1.165) is 11.4 Å². The second-order valence-electron chi connectivity index (χ2n) is 5.79. The predicted molar refractivity (Wildman–Crippen MR) is 97.0 cm³/mol. The van der Waals surface area contributed by atoms with Crippen LogP contribution in [-0.4, -0.2) is 11.7 Å². The molecule has 1 atom stereocenters. The minimum atomic E-state index is 0.0806. The van der Waals surface area contributed by atoms with Crippen molar-refractivity contribution < 1.29 is 4.79 Å². The number of rotatable bonds is 1. The molecule has 1 amide bonds. The molecular weight excluding hydrogens is 302 g/mol. The van der Waals surface area contributed by atoms with Crippen molar-refractivity contribution in [1.29, 1.82) is 0 Å². The minimum Gasteiger partial charge on any atom is -0.303 e. The van der Waals surface area contributed by atoms with Crippen LogP contribution in [-0.2, 0) is 4.79 Å². The minimum absolute atomic E-state index is 0.0806. The van der Waals surface area contributed by atoms with Crippen molar-refractivity contribution in [3.05, 3.63) is 72.3 Å². The smallest absolute Gasteiger partial charge is 0.224 e. The Labute approximate surface area is 140 Å². The average Bonchev–Trinajstić information content (AvgIpc) is 2.60. The van der Waals surface area contributed by atoms with E-state index < -0.39 is 0 Å². The standard InChI is InChI=1S/C20H17NOS/c1-14(22)21-18-8-4-5-9-20(18)23-13-19(21)17-11-10-15-6-2-3-7-16(15)12-17/h2-12,19H,13H2,1H3/t19-/m1/s1. The number of benzene rings is 3. The number of carbonyl (C=O) groups is 1. The third-order valence-electron chi connectivity index (χ3n) is 4.33. The highest BCUT2D eigenvalue weighted by atomic mass is 32.2. The van der Waals surface area contributed by atoms with Crippen LogP contribution in [0.25, 0.3) is 10.8 Å². The van der Waals surface area contributed by atoms with Gasteiger partial charge in [-0.3, -0.25) is 4.79 Å². The second kappa shape index (κ2) is 5.74. The highest BCUT2D eigenvalue weighted by Crippen LogP contribution is 2.43. The van der Waals surface area contributed by atoms with Gasteiger partial charge < -0.3 is 4.90 Å². The molecule has 0 bridgehead atoms. The van der Waals surface area contributed by atoms with Crippen LogP contribution in [0.4, 0.5) is 5.69 Å². The van der Waals surface area contributed by atoms with Gasteiger partial charge >= 0.3 is 0 Å². The lowest BCUT2D eigenvalue weighted by Crippen LogP contribution is -2.37. The predicted octanol–water partition coefficient (Wildman–Crippen LogP) is 5.04. The first-order valence-corrected chi connectivity index (χ1v) is 8.73. The van der Waals surface area contributed by atoms with Gasteiger partial charge in [0, 0.05) is 17.6 Å². The number of hydrogen-bond acceptors (Lipinski definition) is 2. The van der Waals surface area contributed by atoms with Crippen LogP contribution >= 0.6 is 11.8 Å². The zero-order valence-electron chi connectivity index (χ0n) is 12.9. The zero-order valence-corrected chi connectivity index (χ0v) is 13.7. The van der Waals surface area contributed by atoms with E-state index in [2.05, 4.69) is 48.5 Å². The Kier molecular flexibility index (Phi) is 3.58. The molecule has 1 heterocycles. The summed E-state index contributed by atoms with van der Waals surface area (Å²) in [6.45, 7) is 1.65. The van der Waals surface area contributed by atoms with Gasteiger partial charge in [0.1, 0.15) is 0 Å². The topological polar surface area (TPSA) is 20.3 Å². The first kappa shape index (κ1) is 14.3. The Morgan fingerprint density at radius 3 is 2.57 bits per heavy atom. The van der Waals surface area contributed by atoms with Crippen molar-refractivity contribution in [3.8, 4) is 0 Å². The highest BCUT2D eigenvalue weighted by molar-refractivity contribution is 7.99. The lowest BCUT2D eigenvalue weighted by Gasteiger charge is -2.36. The Bertz CT molecular complexity index is 889. The van der Waals surface area contributed by atoms with Gasteiger partial charge in [0.15, 0.2) is 0 Å². The summed E-state index contributed by atoms with van der Waals surface area (Å²) in [5.74, 6) is 0.977. The molecule has 3 heteroatoms. The van der Waals surface area contributed by atoms with Gasteiger partial charge in [-0.05, 0) is 34.5 Å². The summed E-state index contributed by atoms with van der Waals surface area (Å²) in [5.41, 5.74) is 2.22. The van der Waals surface area contributed by atoms with Crippen molar-refractivity contribution in [1.82, 2.24) is 0 Å². The van der Waals surface area contributed by atoms with Crippen molar-refractivity contribution >= 4 is 34.1 Å². The van der Waals surface area contributed by atoms with Crippen molar-refractivity contribution in [3.63, 3.8) is 0 Å². The average molecular weight is 319 g/mol. The molecule has 3 aromatic rings. The first-order chi connectivity index (χ1) is 11.2. The molecule has 0 radical (unpaired) electrons. The van der Waals surface area contributed by atoms with Crippen LogP contribution in [0, 0.1) is 0 Å². The fourth-order valence-electron chi connectivity index (χ4n) is 3.24. The third-order valence-corrected chi connectivity index (χ3v) is 5.47. The summed E-state index contributed by atoms with van der Waals surface area (Å²) in [5, 5.41) is 2.45. The molecule has 1 aliphatic heterocycles. The molecule has 0 saturated heterocycles. The van der Waals surface area contributed by atoms with Crippen LogP contribution in [0.2, 0.25) is 0 Å². The molecule has 2 nitrogen and oxygen atoms in total. The van der Waals surface area contributed by atoms with Gasteiger partial charge in [-0.2, -0.15) is 0 Å². The second-order valence-corrected chi connectivity index (χ2v) is 6.85. The van der Waals surface area contributed by atoms with Crippen LogP contribution in [0.5, 0.6) is 0 Å². The number of anilines is 1. The summed E-state index contributed by atoms with van der Waals surface area (Å²) in [4.78, 5) is 15.4. The Morgan fingerprint density at radius 1 is 1.00 bits per heavy atom. The number of amides is 1. The number of carbonyl (C=O) groups excluding carboxylic acids is 1. The van der Waals surface area contributed by atoms with Gasteiger partial charge in [0.05, 0.1) is 11.7 Å². The molecule has 0 aromatic heterocycles. The lowest BCUT2D eigenvalue weighted by atomic mass is 10.0. The molecule has 23 heavy (non-hydrogen) atoms. The van der Waals surface area contributed by atoms with Gasteiger partial charge in [-0.25, -0.2) is 0 Å². The summed E-state index contributed by atoms with van der Waals surface area (Å²) in [7, 11) is 0. The van der Waals surface area contributed by atoms with Crippen LogP contribution in [0.1, 0.15) is 18.5 Å². The SMILES string of the molecule is CC(=O)N1c2ccccc2SC[C@@H]1c1ccc2ccccc2c1. The molecule has 0 spiro atoms. The van der Waals surface area contributed by atoms with Gasteiger partial charge in [-0.1, -0.05) is 48.5 Å². The number of para-hydroxylation sites is 1. The Balaban J connectivity index is 1.82. The Hall–Kier alpha value is -2.26. The third kappa shape index (κ3) is 2.51. The van der Waals surface area contributed by atoms with Crippen LogP contribution < -0.4 is 4.90 Å². The maximum Gasteiger partial charge on any atom is 0.224 e. The molecule has 3 aromatic carbocycles. The quantitative estimate of drug-likeness (QED) is 0.626. The molecule has 0 N–H and O–H groups in total. The van der Waals surface area contributed by atoms with E-state index in [4.69, 9.17) is 0 Å². The normalized spacial score (nSPS) is 17.1. The van der Waals surface area contributed by atoms with Gasteiger partial charge in [-0.15, -0.1) is 11.8 Å². The number of thioether (sulfide) groups is 1. The molecule has 0 aliphatic carbocycles. The Morgan fingerprint density at radius 2 is 1.74 bits per heavy atom. The first-order valence-electron chi connectivity index (χ1n) is 7.74. The number of hydrogen-bond donors (Lipinski definition) is 0. The highest BCUT2D eigenvalue weighted by Gasteiger charge is 2.30. The van der Waals surface area contributed by atoms with E-state index in [0.29, 0.717) is 0 Å². The fraction of sp³-hybridized carbons (Fsp3) is 0.150. The molecule has 0 unspecified atom stereocenters. The van der Waals surface area contributed by atoms with Crippen LogP contribution in [0.15, 0.2) is 71.6 Å². The van der Waals surface area contributed by atoms with E-state index in [-0.39, 0.29) is 11.9 Å². The lowest BCUT2D eigenvalue weighted by molar-refractivity contribution is -0.117. The summed E-state index contributed by atoms with van der Waals surface area (Å²) in [6.07, 6.45) is 0. The molecular formula is C20H17NOS. The molecule has 4 rings (SSSR count). The number of fused-ring (bicyclic) bond motifs is 2. The molecule has 0 saturated carbocycles. The maximum atomic E-state index is 12.3. The molecule has 1 aliphatic rings. The van der Waals surface area contributed by atoms with Crippen LogP contribution in [0.3, 0.4) is 0 Å². The van der Waals surface area contributed by atoms with E-state index in [1.165, 1.54) is 21.2 Å². The number of nitrogens with zero attached hydrogens (tertiary/aromatic N) is 1. The van der Waals surface area contributed by atoms with E-state index in [1.807, 2.05) is 34.9 Å². The van der Waals surface area contributed by atoms with Gasteiger partial charge in [0.2, 0.25) is 5.91 Å².